The average molecular weight is 348 g/mol. The number of carbonyl (C=O) groups is 1. The number of carbonyl (C=O) groups excluding carboxylic acids is 1. The highest BCUT2D eigenvalue weighted by Gasteiger charge is 2.21. The lowest BCUT2D eigenvalue weighted by atomic mass is 10.1. The molecule has 3 rings (SSSR count). The largest absolute Gasteiger partial charge is 0.486 e. The standard InChI is InChI=1S/C16H16N2O5S/c1-24(20,21)18-13-7-3-2-6-12(13)17-16(19)11-5-4-8-14-15(11)23-10-9-22-14/h2-8,18H,9-10H2,1H3,(H,17,19). The van der Waals surface area contributed by atoms with E-state index < -0.39 is 15.9 Å². The molecule has 0 radical (unpaired) electrons. The SMILES string of the molecule is CS(=O)(=O)Nc1ccccc1NC(=O)c1cccc2c1OCCO2. The molecule has 24 heavy (non-hydrogen) atoms. The summed E-state index contributed by atoms with van der Waals surface area (Å²) < 4.78 is 36.2. The summed E-state index contributed by atoms with van der Waals surface area (Å²) in [6.45, 7) is 0.794. The zero-order valence-electron chi connectivity index (χ0n) is 12.9. The summed E-state index contributed by atoms with van der Waals surface area (Å²) in [6, 6.07) is 11.6. The number of hydrogen-bond donors (Lipinski definition) is 2. The Morgan fingerprint density at radius 1 is 1.00 bits per heavy atom. The highest BCUT2D eigenvalue weighted by molar-refractivity contribution is 7.92. The number of anilines is 2. The smallest absolute Gasteiger partial charge is 0.259 e. The first-order valence-corrected chi connectivity index (χ1v) is 9.10. The quantitative estimate of drug-likeness (QED) is 0.882. The Morgan fingerprint density at radius 3 is 2.46 bits per heavy atom. The Labute approximate surface area is 139 Å². The van der Waals surface area contributed by atoms with E-state index in [1.54, 1.807) is 42.5 Å². The fraction of sp³-hybridized carbons (Fsp3) is 0.188. The van der Waals surface area contributed by atoms with Gasteiger partial charge < -0.3 is 14.8 Å². The molecule has 8 heteroatoms. The first-order valence-electron chi connectivity index (χ1n) is 7.21. The first-order chi connectivity index (χ1) is 11.4. The van der Waals surface area contributed by atoms with Crippen molar-refractivity contribution in [3.8, 4) is 11.5 Å². The lowest BCUT2D eigenvalue weighted by molar-refractivity contribution is 0.101. The molecule has 0 unspecified atom stereocenters. The number of fused-ring (bicyclic) bond motifs is 1. The molecule has 0 spiro atoms. The Morgan fingerprint density at radius 2 is 1.71 bits per heavy atom. The number of rotatable bonds is 4. The van der Waals surface area contributed by atoms with Crippen LogP contribution in [0.15, 0.2) is 42.5 Å². The van der Waals surface area contributed by atoms with Crippen molar-refractivity contribution >= 4 is 27.3 Å². The maximum atomic E-state index is 12.6. The third kappa shape index (κ3) is 3.60. The number of nitrogens with one attached hydrogen (secondary N) is 2. The van der Waals surface area contributed by atoms with Crippen molar-refractivity contribution in [1.29, 1.82) is 0 Å². The van der Waals surface area contributed by atoms with Gasteiger partial charge in [0.1, 0.15) is 13.2 Å². The van der Waals surface area contributed by atoms with Gasteiger partial charge in [0.15, 0.2) is 11.5 Å². The topological polar surface area (TPSA) is 93.7 Å². The highest BCUT2D eigenvalue weighted by Crippen LogP contribution is 2.34. The number of sulfonamides is 1. The van der Waals surface area contributed by atoms with Crippen LogP contribution in [0.2, 0.25) is 0 Å². The number of amides is 1. The average Bonchev–Trinajstić information content (AvgIpc) is 2.55. The molecule has 0 atom stereocenters. The number of benzene rings is 2. The van der Waals surface area contributed by atoms with Crippen molar-refractivity contribution in [3.63, 3.8) is 0 Å². The summed E-state index contributed by atoms with van der Waals surface area (Å²) in [5.74, 6) is 0.478. The van der Waals surface area contributed by atoms with Crippen LogP contribution in [0.25, 0.3) is 0 Å². The molecule has 0 bridgehead atoms. The molecular weight excluding hydrogens is 332 g/mol. The molecule has 0 aromatic heterocycles. The maximum Gasteiger partial charge on any atom is 0.259 e. The van der Waals surface area contributed by atoms with Gasteiger partial charge in [-0.25, -0.2) is 8.42 Å². The number of hydrogen-bond acceptors (Lipinski definition) is 5. The van der Waals surface area contributed by atoms with E-state index in [0.717, 1.165) is 6.26 Å². The van der Waals surface area contributed by atoms with Crippen LogP contribution >= 0.6 is 0 Å². The van der Waals surface area contributed by atoms with Crippen LogP contribution in [0, 0.1) is 0 Å². The van der Waals surface area contributed by atoms with Gasteiger partial charge in [0.05, 0.1) is 23.2 Å². The predicted octanol–water partition coefficient (Wildman–Crippen LogP) is 2.08. The third-order valence-electron chi connectivity index (χ3n) is 3.28. The van der Waals surface area contributed by atoms with E-state index in [1.165, 1.54) is 0 Å². The lowest BCUT2D eigenvalue weighted by Gasteiger charge is -2.20. The molecule has 1 amide bonds. The second kappa shape index (κ2) is 6.40. The van der Waals surface area contributed by atoms with Gasteiger partial charge in [0.25, 0.3) is 5.91 Å². The van der Waals surface area contributed by atoms with Crippen molar-refractivity contribution < 1.29 is 22.7 Å². The van der Waals surface area contributed by atoms with Gasteiger partial charge in [-0.1, -0.05) is 18.2 Å². The Kier molecular flexibility index (Phi) is 4.30. The molecule has 126 valence electrons. The fourth-order valence-corrected chi connectivity index (χ4v) is 2.90. The zero-order chi connectivity index (χ0) is 17.2. The minimum absolute atomic E-state index is 0.287. The van der Waals surface area contributed by atoms with E-state index in [4.69, 9.17) is 9.47 Å². The summed E-state index contributed by atoms with van der Waals surface area (Å²) in [5.41, 5.74) is 0.957. The van der Waals surface area contributed by atoms with Gasteiger partial charge in [0.2, 0.25) is 10.0 Å². The molecule has 2 N–H and O–H groups in total. The Hall–Kier alpha value is -2.74. The second-order valence-corrected chi connectivity index (χ2v) is 6.95. The van der Waals surface area contributed by atoms with E-state index in [-0.39, 0.29) is 5.69 Å². The molecule has 1 aliphatic rings. The predicted molar refractivity (Wildman–Crippen MR) is 90.3 cm³/mol. The molecular formula is C16H16N2O5S. The van der Waals surface area contributed by atoms with Crippen LogP contribution in [0.3, 0.4) is 0 Å². The maximum absolute atomic E-state index is 12.6. The molecule has 2 aromatic rings. The van der Waals surface area contributed by atoms with E-state index in [9.17, 15) is 13.2 Å². The summed E-state index contributed by atoms with van der Waals surface area (Å²) in [6.07, 6.45) is 1.05. The third-order valence-corrected chi connectivity index (χ3v) is 3.87. The monoisotopic (exact) mass is 348 g/mol. The molecule has 7 nitrogen and oxygen atoms in total. The Bertz CT molecular complexity index is 880. The molecule has 1 aliphatic heterocycles. The van der Waals surface area contributed by atoms with E-state index in [1.807, 2.05) is 0 Å². The van der Waals surface area contributed by atoms with Gasteiger partial charge in [0, 0.05) is 0 Å². The minimum Gasteiger partial charge on any atom is -0.486 e. The van der Waals surface area contributed by atoms with Crippen molar-refractivity contribution in [3.05, 3.63) is 48.0 Å². The zero-order valence-corrected chi connectivity index (χ0v) is 13.7. The second-order valence-electron chi connectivity index (χ2n) is 5.20. The minimum atomic E-state index is -3.46. The number of para-hydroxylation sites is 3. The molecule has 1 heterocycles. The van der Waals surface area contributed by atoms with Crippen molar-refractivity contribution in [2.45, 2.75) is 0 Å². The van der Waals surface area contributed by atoms with Crippen LogP contribution < -0.4 is 19.5 Å². The molecule has 0 saturated heterocycles. The fourth-order valence-electron chi connectivity index (χ4n) is 2.32. The number of ether oxygens (including phenoxy) is 2. The summed E-state index contributed by atoms with van der Waals surface area (Å²) >= 11 is 0. The van der Waals surface area contributed by atoms with Crippen LogP contribution in [0.1, 0.15) is 10.4 Å². The molecule has 0 saturated carbocycles. The van der Waals surface area contributed by atoms with E-state index >= 15 is 0 Å². The van der Waals surface area contributed by atoms with Crippen LogP contribution in [0.5, 0.6) is 11.5 Å². The lowest BCUT2D eigenvalue weighted by Crippen LogP contribution is -2.20. The van der Waals surface area contributed by atoms with Gasteiger partial charge >= 0.3 is 0 Å². The molecule has 2 aromatic carbocycles. The highest BCUT2D eigenvalue weighted by atomic mass is 32.2. The van der Waals surface area contributed by atoms with Crippen molar-refractivity contribution in [2.24, 2.45) is 0 Å². The first kappa shape index (κ1) is 16.1. The van der Waals surface area contributed by atoms with Gasteiger partial charge in [-0.2, -0.15) is 0 Å². The van der Waals surface area contributed by atoms with E-state index in [2.05, 4.69) is 10.0 Å². The van der Waals surface area contributed by atoms with Crippen LogP contribution in [-0.4, -0.2) is 33.8 Å². The molecule has 0 fully saturated rings. The Balaban J connectivity index is 1.89. The van der Waals surface area contributed by atoms with Gasteiger partial charge in [-0.15, -0.1) is 0 Å². The van der Waals surface area contributed by atoms with Crippen LogP contribution in [0.4, 0.5) is 11.4 Å². The van der Waals surface area contributed by atoms with E-state index in [0.29, 0.717) is 36.0 Å². The van der Waals surface area contributed by atoms with Crippen LogP contribution in [-0.2, 0) is 10.0 Å². The molecule has 0 aliphatic carbocycles. The summed E-state index contributed by atoms with van der Waals surface area (Å²) in [4.78, 5) is 12.6. The summed E-state index contributed by atoms with van der Waals surface area (Å²) in [5, 5.41) is 2.70. The van der Waals surface area contributed by atoms with Crippen molar-refractivity contribution in [1.82, 2.24) is 0 Å². The van der Waals surface area contributed by atoms with Crippen molar-refractivity contribution in [2.75, 3.05) is 29.5 Å². The summed E-state index contributed by atoms with van der Waals surface area (Å²) in [7, 11) is -3.46. The normalized spacial score (nSPS) is 13.2. The van der Waals surface area contributed by atoms with Gasteiger partial charge in [-0.3, -0.25) is 9.52 Å². The van der Waals surface area contributed by atoms with Gasteiger partial charge in [-0.05, 0) is 24.3 Å².